The number of halogens is 1. The highest BCUT2D eigenvalue weighted by atomic mass is 35.5. The number of ether oxygens (including phenoxy) is 3. The molecular weight excluding hydrogens is 452 g/mol. The Kier molecular flexibility index (Phi) is 8.07. The molecule has 0 saturated carbocycles. The van der Waals surface area contributed by atoms with Gasteiger partial charge in [-0.2, -0.15) is 4.98 Å². The lowest BCUT2D eigenvalue weighted by Gasteiger charge is -2.16. The number of para-hydroxylation sites is 1. The predicted octanol–water partition coefficient (Wildman–Crippen LogP) is 6.04. The van der Waals surface area contributed by atoms with Crippen LogP contribution in [0.25, 0.3) is 22.3 Å². The number of aromatic nitrogens is 2. The van der Waals surface area contributed by atoms with Gasteiger partial charge in [0.1, 0.15) is 0 Å². The maximum Gasteiger partial charge on any atom is 0.339 e. The molecule has 0 radical (unpaired) electrons. The van der Waals surface area contributed by atoms with Crippen LogP contribution in [0.15, 0.2) is 78.9 Å². The van der Waals surface area contributed by atoms with Crippen LogP contribution in [0.5, 0.6) is 5.88 Å². The third kappa shape index (κ3) is 5.71. The zero-order chi connectivity index (χ0) is 23.8. The molecule has 0 amide bonds. The molecule has 4 aromatic rings. The first-order valence-electron chi connectivity index (χ1n) is 11.1. The number of hydrogen-bond donors (Lipinski definition) is 0. The number of benzene rings is 3. The quantitative estimate of drug-likeness (QED) is 0.205. The van der Waals surface area contributed by atoms with Gasteiger partial charge in [0, 0.05) is 12.2 Å². The summed E-state index contributed by atoms with van der Waals surface area (Å²) in [6.45, 7) is 0.841. The van der Waals surface area contributed by atoms with Crippen molar-refractivity contribution >= 4 is 28.5 Å². The lowest BCUT2D eigenvalue weighted by Crippen LogP contribution is -2.18. The Bertz CT molecular complexity index is 1250. The van der Waals surface area contributed by atoms with E-state index >= 15 is 0 Å². The number of hydrogen-bond acceptors (Lipinski definition) is 6. The van der Waals surface area contributed by atoms with Crippen LogP contribution in [0.4, 0.5) is 0 Å². The van der Waals surface area contributed by atoms with Crippen LogP contribution >= 0.6 is 11.6 Å². The zero-order valence-corrected chi connectivity index (χ0v) is 19.6. The molecule has 1 atom stereocenters. The van der Waals surface area contributed by atoms with Gasteiger partial charge in [-0.1, -0.05) is 66.2 Å². The topological polar surface area (TPSA) is 70.5 Å². The van der Waals surface area contributed by atoms with Crippen molar-refractivity contribution in [2.75, 3.05) is 20.3 Å². The summed E-state index contributed by atoms with van der Waals surface area (Å²) in [7, 11) is 1.36. The Balaban J connectivity index is 1.38. The molecule has 7 heteroatoms. The average molecular weight is 477 g/mol. The molecule has 0 N–H and O–H groups in total. The SMILES string of the molecule is COC(=O)C(OCCCCOc1nc(-c2ccccc2Cl)nc2ccccc12)c1ccccc1. The minimum Gasteiger partial charge on any atom is -0.477 e. The lowest BCUT2D eigenvalue weighted by molar-refractivity contribution is -0.154. The van der Waals surface area contributed by atoms with Crippen molar-refractivity contribution in [3.63, 3.8) is 0 Å². The summed E-state index contributed by atoms with van der Waals surface area (Å²) in [4.78, 5) is 21.4. The minimum absolute atomic E-state index is 0.396. The first-order valence-corrected chi connectivity index (χ1v) is 11.4. The smallest absolute Gasteiger partial charge is 0.339 e. The predicted molar refractivity (Wildman–Crippen MR) is 132 cm³/mol. The third-order valence-corrected chi connectivity index (χ3v) is 5.59. The largest absolute Gasteiger partial charge is 0.477 e. The molecule has 0 bridgehead atoms. The van der Waals surface area contributed by atoms with E-state index in [1.807, 2.05) is 78.9 Å². The Morgan fingerprint density at radius 1 is 0.882 bits per heavy atom. The molecule has 0 spiro atoms. The molecule has 3 aromatic carbocycles. The maximum atomic E-state index is 12.1. The number of carbonyl (C=O) groups is 1. The Morgan fingerprint density at radius 2 is 1.59 bits per heavy atom. The van der Waals surface area contributed by atoms with Crippen LogP contribution in [0.1, 0.15) is 24.5 Å². The van der Waals surface area contributed by atoms with Gasteiger partial charge in [0.25, 0.3) is 0 Å². The van der Waals surface area contributed by atoms with E-state index < -0.39 is 12.1 Å². The van der Waals surface area contributed by atoms with Gasteiger partial charge in [-0.3, -0.25) is 0 Å². The molecule has 4 rings (SSSR count). The second-order valence-corrected chi connectivity index (χ2v) is 8.00. The molecule has 0 aliphatic carbocycles. The lowest BCUT2D eigenvalue weighted by atomic mass is 10.1. The standard InChI is InChI=1S/C27H25ClN2O4/c1-32-27(31)24(19-11-3-2-4-12-19)33-17-9-10-18-34-26-21-14-6-8-16-23(21)29-25(30-26)20-13-5-7-15-22(20)28/h2-8,11-16,24H,9-10,17-18H2,1H3. The van der Waals surface area contributed by atoms with Gasteiger partial charge < -0.3 is 14.2 Å². The number of nitrogens with zero attached hydrogens (tertiary/aromatic N) is 2. The molecule has 1 unspecified atom stereocenters. The van der Waals surface area contributed by atoms with E-state index in [0.29, 0.717) is 36.4 Å². The van der Waals surface area contributed by atoms with E-state index in [2.05, 4.69) is 9.97 Å². The Labute approximate surface area is 203 Å². The van der Waals surface area contributed by atoms with Crippen LogP contribution < -0.4 is 4.74 Å². The van der Waals surface area contributed by atoms with Gasteiger partial charge in [0.05, 0.1) is 29.6 Å². The van der Waals surface area contributed by atoms with Gasteiger partial charge in [-0.25, -0.2) is 9.78 Å². The van der Waals surface area contributed by atoms with Crippen LogP contribution in [0.3, 0.4) is 0 Å². The number of unbranched alkanes of at least 4 members (excludes halogenated alkanes) is 1. The Hall–Kier alpha value is -3.48. The first-order chi connectivity index (χ1) is 16.7. The van der Waals surface area contributed by atoms with Gasteiger partial charge in [0.15, 0.2) is 11.9 Å². The van der Waals surface area contributed by atoms with E-state index in [1.54, 1.807) is 0 Å². The van der Waals surface area contributed by atoms with E-state index in [9.17, 15) is 4.79 Å². The summed E-state index contributed by atoms with van der Waals surface area (Å²) in [6, 6.07) is 24.5. The van der Waals surface area contributed by atoms with E-state index in [0.717, 1.165) is 28.5 Å². The van der Waals surface area contributed by atoms with Crippen molar-refractivity contribution in [2.45, 2.75) is 18.9 Å². The average Bonchev–Trinajstić information content (AvgIpc) is 2.88. The van der Waals surface area contributed by atoms with Crippen LogP contribution in [-0.4, -0.2) is 36.3 Å². The summed E-state index contributed by atoms with van der Waals surface area (Å²) >= 11 is 6.36. The molecule has 1 aromatic heterocycles. The number of methoxy groups -OCH3 is 1. The molecule has 0 fully saturated rings. The third-order valence-electron chi connectivity index (χ3n) is 5.26. The number of carbonyl (C=O) groups excluding carboxylic acids is 1. The molecule has 0 aliphatic rings. The molecule has 6 nitrogen and oxygen atoms in total. The number of esters is 1. The van der Waals surface area contributed by atoms with E-state index in [4.69, 9.17) is 25.8 Å². The minimum atomic E-state index is -0.740. The van der Waals surface area contributed by atoms with Crippen molar-refractivity contribution in [3.8, 4) is 17.3 Å². The van der Waals surface area contributed by atoms with Gasteiger partial charge in [-0.15, -0.1) is 0 Å². The number of rotatable bonds is 10. The Morgan fingerprint density at radius 3 is 2.38 bits per heavy atom. The molecule has 0 aliphatic heterocycles. The van der Waals surface area contributed by atoms with Crippen molar-refractivity contribution in [1.29, 1.82) is 0 Å². The van der Waals surface area contributed by atoms with Crippen molar-refractivity contribution in [3.05, 3.63) is 89.4 Å². The first kappa shape index (κ1) is 23.7. The van der Waals surface area contributed by atoms with Gasteiger partial charge in [-0.05, 0) is 42.7 Å². The van der Waals surface area contributed by atoms with Crippen LogP contribution in [0, 0.1) is 0 Å². The van der Waals surface area contributed by atoms with E-state index in [-0.39, 0.29) is 0 Å². The highest BCUT2D eigenvalue weighted by molar-refractivity contribution is 6.33. The van der Waals surface area contributed by atoms with E-state index in [1.165, 1.54) is 7.11 Å². The zero-order valence-electron chi connectivity index (χ0n) is 18.8. The fourth-order valence-corrected chi connectivity index (χ4v) is 3.75. The van der Waals surface area contributed by atoms with Crippen molar-refractivity contribution in [2.24, 2.45) is 0 Å². The van der Waals surface area contributed by atoms with Crippen molar-refractivity contribution < 1.29 is 19.0 Å². The normalized spacial score (nSPS) is 11.8. The monoisotopic (exact) mass is 476 g/mol. The second kappa shape index (κ2) is 11.6. The van der Waals surface area contributed by atoms with Gasteiger partial charge in [0.2, 0.25) is 5.88 Å². The van der Waals surface area contributed by atoms with Gasteiger partial charge >= 0.3 is 5.97 Å². The molecular formula is C27H25ClN2O4. The fraction of sp³-hybridized carbons (Fsp3) is 0.222. The van der Waals surface area contributed by atoms with Crippen LogP contribution in [-0.2, 0) is 14.3 Å². The summed E-state index contributed by atoms with van der Waals surface area (Å²) in [5.74, 6) is 0.617. The summed E-state index contributed by atoms with van der Waals surface area (Å²) in [5, 5.41) is 1.42. The molecule has 34 heavy (non-hydrogen) atoms. The fourth-order valence-electron chi connectivity index (χ4n) is 3.53. The summed E-state index contributed by atoms with van der Waals surface area (Å²) < 4.78 is 16.8. The highest BCUT2D eigenvalue weighted by Crippen LogP contribution is 2.30. The maximum absolute atomic E-state index is 12.1. The highest BCUT2D eigenvalue weighted by Gasteiger charge is 2.21. The van der Waals surface area contributed by atoms with Crippen LogP contribution in [0.2, 0.25) is 5.02 Å². The molecule has 1 heterocycles. The molecule has 174 valence electrons. The second-order valence-electron chi connectivity index (χ2n) is 7.59. The van der Waals surface area contributed by atoms with Crippen molar-refractivity contribution in [1.82, 2.24) is 9.97 Å². The molecule has 0 saturated heterocycles. The number of fused-ring (bicyclic) bond motifs is 1. The summed E-state index contributed by atoms with van der Waals surface area (Å²) in [6.07, 6.45) is 0.694. The summed E-state index contributed by atoms with van der Waals surface area (Å²) in [5.41, 5.74) is 2.31.